The lowest BCUT2D eigenvalue weighted by atomic mass is 9.93. The molecule has 0 fully saturated rings. The number of hydrogen-bond donors (Lipinski definition) is 0. The summed E-state index contributed by atoms with van der Waals surface area (Å²) in [6, 6.07) is 0. The van der Waals surface area contributed by atoms with Crippen molar-refractivity contribution < 1.29 is 9.47 Å². The van der Waals surface area contributed by atoms with Crippen LogP contribution < -0.4 is 0 Å². The van der Waals surface area contributed by atoms with Gasteiger partial charge in [-0.05, 0) is 11.8 Å². The molecule has 0 aliphatic heterocycles. The fourth-order valence-corrected chi connectivity index (χ4v) is 1.61. The van der Waals surface area contributed by atoms with Gasteiger partial charge in [-0.15, -0.1) is 5.10 Å². The van der Waals surface area contributed by atoms with E-state index in [1.165, 1.54) is 0 Å². The van der Waals surface area contributed by atoms with Crippen molar-refractivity contribution in [2.24, 2.45) is 5.41 Å². The Morgan fingerprint density at radius 2 is 1.57 bits per heavy atom. The van der Waals surface area contributed by atoms with Gasteiger partial charge in [0.15, 0.2) is 0 Å². The van der Waals surface area contributed by atoms with Crippen LogP contribution in [0.25, 0.3) is 0 Å². The normalized spacial score (nSPS) is 12.9. The maximum absolute atomic E-state index is 5.55. The van der Waals surface area contributed by atoms with Gasteiger partial charge in [-0.25, -0.2) is 4.68 Å². The van der Waals surface area contributed by atoms with Crippen LogP contribution in [0.1, 0.15) is 53.7 Å². The fraction of sp³-hybridized carbons (Fsp3) is 0.875. The van der Waals surface area contributed by atoms with Gasteiger partial charge in [-0.3, -0.25) is 0 Å². The van der Waals surface area contributed by atoms with E-state index < -0.39 is 0 Å². The Hall–Kier alpha value is -0.940. The van der Waals surface area contributed by atoms with Crippen LogP contribution in [-0.2, 0) is 21.4 Å². The largest absolute Gasteiger partial charge is 0.379 e. The predicted octanol–water partition coefficient (Wildman–Crippen LogP) is 3.05. The average molecular weight is 297 g/mol. The quantitative estimate of drug-likeness (QED) is 0.692. The maximum Gasteiger partial charge on any atom is 0.0880 e. The van der Waals surface area contributed by atoms with E-state index in [1.54, 1.807) is 0 Å². The number of hydrogen-bond acceptors (Lipinski definition) is 4. The van der Waals surface area contributed by atoms with Crippen LogP contribution in [0.15, 0.2) is 6.20 Å². The standard InChI is InChI=1S/C16H31N3O2/c1-15(2,3)7-9-20-11-12-21-10-8-19-13-14(17-18-19)16(4,5)6/h13H,7-12H2,1-6H3. The van der Waals surface area contributed by atoms with Gasteiger partial charge in [0.1, 0.15) is 0 Å². The van der Waals surface area contributed by atoms with Crippen molar-refractivity contribution in [3.05, 3.63) is 11.9 Å². The van der Waals surface area contributed by atoms with Crippen molar-refractivity contribution in [1.29, 1.82) is 0 Å². The van der Waals surface area contributed by atoms with Crippen LogP contribution in [0.2, 0.25) is 0 Å². The van der Waals surface area contributed by atoms with E-state index in [-0.39, 0.29) is 5.41 Å². The Kier molecular flexibility index (Phi) is 6.81. The molecule has 0 saturated carbocycles. The molecule has 1 aromatic rings. The highest BCUT2D eigenvalue weighted by Gasteiger charge is 2.17. The molecule has 5 heteroatoms. The third-order valence-corrected chi connectivity index (χ3v) is 3.14. The van der Waals surface area contributed by atoms with Crippen molar-refractivity contribution in [3.8, 4) is 0 Å². The van der Waals surface area contributed by atoms with Gasteiger partial charge in [-0.2, -0.15) is 0 Å². The third-order valence-electron chi connectivity index (χ3n) is 3.14. The molecule has 0 aliphatic rings. The highest BCUT2D eigenvalue weighted by molar-refractivity contribution is 5.06. The Balaban J connectivity index is 2.06. The molecule has 1 rings (SSSR count). The Bertz CT molecular complexity index is 402. The minimum atomic E-state index is 0.0417. The summed E-state index contributed by atoms with van der Waals surface area (Å²) in [5.74, 6) is 0. The molecule has 0 bridgehead atoms. The zero-order valence-corrected chi connectivity index (χ0v) is 14.5. The highest BCUT2D eigenvalue weighted by atomic mass is 16.5. The molecule has 0 aliphatic carbocycles. The first-order valence-electron chi connectivity index (χ1n) is 7.74. The summed E-state index contributed by atoms with van der Waals surface area (Å²) < 4.78 is 12.9. The van der Waals surface area contributed by atoms with Crippen LogP contribution >= 0.6 is 0 Å². The third kappa shape index (κ3) is 8.17. The van der Waals surface area contributed by atoms with Crippen molar-refractivity contribution in [3.63, 3.8) is 0 Å². The van der Waals surface area contributed by atoms with Crippen molar-refractivity contribution in [2.75, 3.05) is 26.4 Å². The first-order valence-corrected chi connectivity index (χ1v) is 7.74. The summed E-state index contributed by atoms with van der Waals surface area (Å²) in [6.07, 6.45) is 3.06. The van der Waals surface area contributed by atoms with Crippen molar-refractivity contribution >= 4 is 0 Å². The molecule has 0 atom stereocenters. The van der Waals surface area contributed by atoms with Crippen LogP contribution in [0.5, 0.6) is 0 Å². The van der Waals surface area contributed by atoms with Gasteiger partial charge < -0.3 is 9.47 Å². The molecule has 1 heterocycles. The van der Waals surface area contributed by atoms with Crippen molar-refractivity contribution in [2.45, 2.75) is 59.9 Å². The summed E-state index contributed by atoms with van der Waals surface area (Å²) in [4.78, 5) is 0. The Morgan fingerprint density at radius 1 is 0.952 bits per heavy atom. The second kappa shape index (κ2) is 7.90. The van der Waals surface area contributed by atoms with E-state index >= 15 is 0 Å². The predicted molar refractivity (Wildman–Crippen MR) is 84.4 cm³/mol. The summed E-state index contributed by atoms with van der Waals surface area (Å²) in [5.41, 5.74) is 1.38. The fourth-order valence-electron chi connectivity index (χ4n) is 1.61. The topological polar surface area (TPSA) is 49.2 Å². The number of aromatic nitrogens is 3. The highest BCUT2D eigenvalue weighted by Crippen LogP contribution is 2.18. The van der Waals surface area contributed by atoms with Crippen LogP contribution in [0.4, 0.5) is 0 Å². The molecule has 0 radical (unpaired) electrons. The van der Waals surface area contributed by atoms with Crippen LogP contribution in [0.3, 0.4) is 0 Å². The monoisotopic (exact) mass is 297 g/mol. The van der Waals surface area contributed by atoms with Crippen molar-refractivity contribution in [1.82, 2.24) is 15.0 Å². The second-order valence-corrected chi connectivity index (χ2v) is 7.65. The Labute approximate surface area is 129 Å². The van der Waals surface area contributed by atoms with E-state index in [0.29, 0.717) is 25.2 Å². The molecule has 0 N–H and O–H groups in total. The zero-order valence-electron chi connectivity index (χ0n) is 14.5. The molecule has 0 saturated heterocycles. The summed E-state index contributed by atoms with van der Waals surface area (Å²) in [7, 11) is 0. The van der Waals surface area contributed by atoms with Gasteiger partial charge >= 0.3 is 0 Å². The van der Waals surface area contributed by atoms with E-state index in [4.69, 9.17) is 9.47 Å². The van der Waals surface area contributed by atoms with E-state index in [0.717, 1.165) is 25.3 Å². The molecule has 1 aromatic heterocycles. The van der Waals surface area contributed by atoms with Crippen LogP contribution in [-0.4, -0.2) is 41.4 Å². The minimum Gasteiger partial charge on any atom is -0.379 e. The molecule has 0 spiro atoms. The summed E-state index contributed by atoms with van der Waals surface area (Å²) >= 11 is 0. The smallest absolute Gasteiger partial charge is 0.0880 e. The molecule has 5 nitrogen and oxygen atoms in total. The summed E-state index contributed by atoms with van der Waals surface area (Å²) in [6.45, 7) is 16.5. The first kappa shape index (κ1) is 18.1. The lowest BCUT2D eigenvalue weighted by Gasteiger charge is -2.17. The molecule has 0 amide bonds. The lowest BCUT2D eigenvalue weighted by molar-refractivity contribution is 0.0355. The van der Waals surface area contributed by atoms with Gasteiger partial charge in [0.05, 0.1) is 32.1 Å². The minimum absolute atomic E-state index is 0.0417. The molecular weight excluding hydrogens is 266 g/mol. The van der Waals surface area contributed by atoms with E-state index in [2.05, 4.69) is 51.9 Å². The SMILES string of the molecule is CC(C)(C)CCOCCOCCn1cc(C(C)(C)C)nn1. The van der Waals surface area contributed by atoms with Crippen LogP contribution in [0, 0.1) is 5.41 Å². The van der Waals surface area contributed by atoms with Gasteiger partial charge in [0, 0.05) is 18.2 Å². The molecule has 21 heavy (non-hydrogen) atoms. The van der Waals surface area contributed by atoms with E-state index in [9.17, 15) is 0 Å². The van der Waals surface area contributed by atoms with Gasteiger partial charge in [-0.1, -0.05) is 46.8 Å². The molecule has 0 unspecified atom stereocenters. The lowest BCUT2D eigenvalue weighted by Crippen LogP contribution is -2.13. The first-order chi connectivity index (χ1) is 9.68. The van der Waals surface area contributed by atoms with Gasteiger partial charge in [0.25, 0.3) is 0 Å². The second-order valence-electron chi connectivity index (χ2n) is 7.65. The number of rotatable bonds is 8. The average Bonchev–Trinajstić information content (AvgIpc) is 2.79. The zero-order chi connectivity index (χ0) is 15.9. The maximum atomic E-state index is 5.55. The Morgan fingerprint density at radius 3 is 2.10 bits per heavy atom. The number of nitrogens with zero attached hydrogens (tertiary/aromatic N) is 3. The molecule has 0 aromatic carbocycles. The van der Waals surface area contributed by atoms with Gasteiger partial charge in [0.2, 0.25) is 0 Å². The summed E-state index contributed by atoms with van der Waals surface area (Å²) in [5, 5.41) is 8.29. The number of ether oxygens (including phenoxy) is 2. The van der Waals surface area contributed by atoms with E-state index in [1.807, 2.05) is 10.9 Å². The molecular formula is C16H31N3O2. The molecule has 122 valence electrons.